The summed E-state index contributed by atoms with van der Waals surface area (Å²) in [4.78, 5) is 26.3. The molecule has 2 atom stereocenters. The van der Waals surface area contributed by atoms with Gasteiger partial charge >= 0.3 is 0 Å². The van der Waals surface area contributed by atoms with Crippen LogP contribution in [0.25, 0.3) is 0 Å². The van der Waals surface area contributed by atoms with Crippen LogP contribution in [0.4, 0.5) is 0 Å². The number of benzene rings is 2. The molecule has 1 aliphatic carbocycles. The van der Waals surface area contributed by atoms with E-state index in [1.54, 1.807) is 7.11 Å². The minimum Gasteiger partial charge on any atom is -0.497 e. The molecule has 1 saturated carbocycles. The normalized spacial score (nSPS) is 20.3. The largest absolute Gasteiger partial charge is 0.497 e. The van der Waals surface area contributed by atoms with Crippen LogP contribution in [0.3, 0.4) is 0 Å². The van der Waals surface area contributed by atoms with E-state index in [9.17, 15) is 9.59 Å². The quantitative estimate of drug-likeness (QED) is 0.715. The predicted octanol–water partition coefficient (Wildman–Crippen LogP) is 3.70. The number of aldehydes is 1. The highest BCUT2D eigenvalue weighted by Crippen LogP contribution is 2.57. The molecule has 136 valence electrons. The number of hydrogen-bond donors (Lipinski definition) is 0. The van der Waals surface area contributed by atoms with Crippen LogP contribution in [-0.4, -0.2) is 24.2 Å². The van der Waals surface area contributed by atoms with Gasteiger partial charge in [-0.05, 0) is 28.7 Å². The summed E-state index contributed by atoms with van der Waals surface area (Å²) in [5.41, 5.74) is 1.86. The lowest BCUT2D eigenvalue weighted by Gasteiger charge is -2.24. The van der Waals surface area contributed by atoms with Crippen molar-refractivity contribution in [1.29, 1.82) is 0 Å². The Morgan fingerprint density at radius 3 is 2.12 bits per heavy atom. The smallest absolute Gasteiger partial charge is 0.227 e. The van der Waals surface area contributed by atoms with Crippen molar-refractivity contribution in [3.63, 3.8) is 0 Å². The first-order valence-electron chi connectivity index (χ1n) is 8.88. The molecule has 4 heteroatoms. The van der Waals surface area contributed by atoms with E-state index in [4.69, 9.17) is 4.74 Å². The van der Waals surface area contributed by atoms with Gasteiger partial charge in [0.25, 0.3) is 0 Å². The molecule has 0 unspecified atom stereocenters. The fourth-order valence-electron chi connectivity index (χ4n) is 3.57. The second kappa shape index (κ2) is 7.32. The molecule has 1 amide bonds. The zero-order valence-electron chi connectivity index (χ0n) is 15.5. The fraction of sp³-hybridized carbons (Fsp3) is 0.364. The summed E-state index contributed by atoms with van der Waals surface area (Å²) < 4.78 is 5.20. The molecule has 1 aliphatic rings. The van der Waals surface area contributed by atoms with Crippen LogP contribution in [-0.2, 0) is 22.7 Å². The first kappa shape index (κ1) is 18.2. The number of ether oxygens (including phenoxy) is 1. The van der Waals surface area contributed by atoms with E-state index < -0.39 is 0 Å². The zero-order chi connectivity index (χ0) is 18.7. The molecule has 0 radical (unpaired) electrons. The molecule has 0 aliphatic heterocycles. The van der Waals surface area contributed by atoms with E-state index in [0.29, 0.717) is 13.1 Å². The number of amides is 1. The number of hydrogen-bond acceptors (Lipinski definition) is 3. The third kappa shape index (κ3) is 3.64. The second-order valence-electron chi connectivity index (χ2n) is 7.49. The third-order valence-corrected chi connectivity index (χ3v) is 5.38. The van der Waals surface area contributed by atoms with Gasteiger partial charge in [0.1, 0.15) is 12.0 Å². The van der Waals surface area contributed by atoms with Gasteiger partial charge in [-0.25, -0.2) is 0 Å². The number of nitrogens with zero attached hydrogens (tertiary/aromatic N) is 1. The van der Waals surface area contributed by atoms with Crippen LogP contribution in [0.2, 0.25) is 0 Å². The van der Waals surface area contributed by atoms with Crippen molar-refractivity contribution in [2.45, 2.75) is 26.9 Å². The molecule has 0 spiro atoms. The van der Waals surface area contributed by atoms with Gasteiger partial charge in [0, 0.05) is 19.0 Å². The summed E-state index contributed by atoms with van der Waals surface area (Å²) in [6, 6.07) is 17.7. The lowest BCUT2D eigenvalue weighted by atomic mass is 10.1. The number of rotatable bonds is 7. The van der Waals surface area contributed by atoms with Gasteiger partial charge in [-0.1, -0.05) is 56.3 Å². The van der Waals surface area contributed by atoms with Crippen molar-refractivity contribution in [2.24, 2.45) is 17.3 Å². The molecular weight excluding hydrogens is 326 g/mol. The highest BCUT2D eigenvalue weighted by molar-refractivity contribution is 5.88. The summed E-state index contributed by atoms with van der Waals surface area (Å²) in [6.07, 6.45) is 0.927. The number of methoxy groups -OCH3 is 1. The first-order chi connectivity index (χ1) is 12.5. The maximum Gasteiger partial charge on any atom is 0.227 e. The van der Waals surface area contributed by atoms with Crippen molar-refractivity contribution >= 4 is 12.2 Å². The van der Waals surface area contributed by atoms with Gasteiger partial charge in [-0.3, -0.25) is 4.79 Å². The van der Waals surface area contributed by atoms with Crippen molar-refractivity contribution in [1.82, 2.24) is 4.90 Å². The van der Waals surface area contributed by atoms with Gasteiger partial charge in [0.15, 0.2) is 0 Å². The molecule has 0 aromatic heterocycles. The summed E-state index contributed by atoms with van der Waals surface area (Å²) in [5.74, 6) is 0.414. The zero-order valence-corrected chi connectivity index (χ0v) is 15.5. The molecule has 0 heterocycles. The van der Waals surface area contributed by atoms with E-state index in [-0.39, 0.29) is 23.2 Å². The SMILES string of the molecule is COc1ccc(CN(Cc2ccccc2)C(=O)[C@H]2[C@H](C=O)C2(C)C)cc1. The monoisotopic (exact) mass is 351 g/mol. The van der Waals surface area contributed by atoms with E-state index in [1.807, 2.05) is 73.3 Å². The maximum absolute atomic E-state index is 13.2. The third-order valence-electron chi connectivity index (χ3n) is 5.38. The highest BCUT2D eigenvalue weighted by atomic mass is 16.5. The molecule has 26 heavy (non-hydrogen) atoms. The number of carbonyl (C=O) groups is 2. The van der Waals surface area contributed by atoms with Crippen LogP contribution in [0.1, 0.15) is 25.0 Å². The first-order valence-corrected chi connectivity index (χ1v) is 8.88. The molecular formula is C22H25NO3. The Morgan fingerprint density at radius 1 is 1.04 bits per heavy atom. The highest BCUT2D eigenvalue weighted by Gasteiger charge is 2.62. The van der Waals surface area contributed by atoms with Crippen LogP contribution in [0, 0.1) is 17.3 Å². The maximum atomic E-state index is 13.2. The topological polar surface area (TPSA) is 46.6 Å². The molecule has 1 fully saturated rings. The molecule has 2 aromatic carbocycles. The van der Waals surface area contributed by atoms with Gasteiger partial charge in [-0.2, -0.15) is 0 Å². The minimum absolute atomic E-state index is 0.0479. The van der Waals surface area contributed by atoms with Crippen molar-refractivity contribution in [3.8, 4) is 5.75 Å². The average molecular weight is 351 g/mol. The van der Waals surface area contributed by atoms with Crippen molar-refractivity contribution in [3.05, 3.63) is 65.7 Å². The fourth-order valence-corrected chi connectivity index (χ4v) is 3.57. The van der Waals surface area contributed by atoms with Crippen molar-refractivity contribution in [2.75, 3.05) is 7.11 Å². The lowest BCUT2D eigenvalue weighted by Crippen LogP contribution is -2.32. The van der Waals surface area contributed by atoms with Gasteiger partial charge < -0.3 is 14.4 Å². The molecule has 4 nitrogen and oxygen atoms in total. The summed E-state index contributed by atoms with van der Waals surface area (Å²) in [6.45, 7) is 5.02. The Bertz CT molecular complexity index is 768. The minimum atomic E-state index is -0.256. The summed E-state index contributed by atoms with van der Waals surface area (Å²) >= 11 is 0. The average Bonchev–Trinajstić information content (AvgIpc) is 3.22. The van der Waals surface area contributed by atoms with Crippen molar-refractivity contribution < 1.29 is 14.3 Å². The Morgan fingerprint density at radius 2 is 1.62 bits per heavy atom. The summed E-state index contributed by atoms with van der Waals surface area (Å²) in [5, 5.41) is 0. The molecule has 0 saturated heterocycles. The van der Waals surface area contributed by atoms with Crippen LogP contribution in [0.15, 0.2) is 54.6 Å². The van der Waals surface area contributed by atoms with Crippen LogP contribution >= 0.6 is 0 Å². The number of carbonyl (C=O) groups excluding carboxylic acids is 2. The van der Waals surface area contributed by atoms with Crippen LogP contribution in [0.5, 0.6) is 5.75 Å². The van der Waals surface area contributed by atoms with E-state index in [2.05, 4.69) is 0 Å². The predicted molar refractivity (Wildman–Crippen MR) is 101 cm³/mol. The van der Waals surface area contributed by atoms with E-state index in [1.165, 1.54) is 0 Å². The Labute approximate surface area is 154 Å². The molecule has 0 N–H and O–H groups in total. The van der Waals surface area contributed by atoms with E-state index >= 15 is 0 Å². The molecule has 0 bridgehead atoms. The standard InChI is InChI=1S/C22H25NO3/c1-22(2)19(15-24)20(22)21(25)23(13-16-7-5-4-6-8-16)14-17-9-11-18(26-3)12-10-17/h4-12,15,19-20H,13-14H2,1-3H3/t19-,20+/m0/s1. The van der Waals surface area contributed by atoms with Crippen LogP contribution < -0.4 is 4.74 Å². The van der Waals surface area contributed by atoms with Gasteiger partial charge in [0.05, 0.1) is 13.0 Å². The molecule has 2 aromatic rings. The second-order valence-corrected chi connectivity index (χ2v) is 7.49. The van der Waals surface area contributed by atoms with Gasteiger partial charge in [0.2, 0.25) is 5.91 Å². The summed E-state index contributed by atoms with van der Waals surface area (Å²) in [7, 11) is 1.63. The molecule has 3 rings (SSSR count). The lowest BCUT2D eigenvalue weighted by molar-refractivity contribution is -0.135. The van der Waals surface area contributed by atoms with Gasteiger partial charge in [-0.15, -0.1) is 0 Å². The van der Waals surface area contributed by atoms with E-state index in [0.717, 1.165) is 23.2 Å². The Kier molecular flexibility index (Phi) is 5.12. The Hall–Kier alpha value is -2.62. The Balaban J connectivity index is 1.81.